The molecule has 0 atom stereocenters. The first-order valence-electron chi connectivity index (χ1n) is 7.55. The van der Waals surface area contributed by atoms with Gasteiger partial charge in [-0.2, -0.15) is 0 Å². The average Bonchev–Trinajstić information content (AvgIpc) is 2.91. The lowest BCUT2D eigenvalue weighted by Crippen LogP contribution is -2.11. The first kappa shape index (κ1) is 12.5. The Labute approximate surface area is 124 Å². The van der Waals surface area contributed by atoms with E-state index in [2.05, 4.69) is 54.5 Å². The first-order chi connectivity index (χ1) is 10.2. The van der Waals surface area contributed by atoms with Crippen LogP contribution in [0.15, 0.2) is 30.3 Å². The van der Waals surface area contributed by atoms with Crippen molar-refractivity contribution in [2.45, 2.75) is 26.7 Å². The summed E-state index contributed by atoms with van der Waals surface area (Å²) in [7, 11) is 0. The summed E-state index contributed by atoms with van der Waals surface area (Å²) in [5.74, 6) is 0.965. The Morgan fingerprint density at radius 3 is 2.90 bits per heavy atom. The second-order valence-corrected chi connectivity index (χ2v) is 5.97. The van der Waals surface area contributed by atoms with Gasteiger partial charge in [0.2, 0.25) is 0 Å². The predicted molar refractivity (Wildman–Crippen MR) is 87.8 cm³/mol. The number of H-pyrrole nitrogens is 1. The van der Waals surface area contributed by atoms with Crippen molar-refractivity contribution >= 4 is 16.7 Å². The number of hydrogen-bond acceptors (Lipinski definition) is 2. The average molecular weight is 277 g/mol. The van der Waals surface area contributed by atoms with E-state index in [-0.39, 0.29) is 0 Å². The quantitative estimate of drug-likeness (QED) is 0.699. The molecule has 3 aromatic rings. The number of aromatic nitrogens is 2. The maximum absolute atomic E-state index is 4.80. The third kappa shape index (κ3) is 2.09. The van der Waals surface area contributed by atoms with Crippen molar-refractivity contribution < 1.29 is 0 Å². The molecule has 0 saturated carbocycles. The lowest BCUT2D eigenvalue weighted by atomic mass is 10.0. The molecule has 1 aliphatic heterocycles. The van der Waals surface area contributed by atoms with Gasteiger partial charge in [-0.25, -0.2) is 4.98 Å². The van der Waals surface area contributed by atoms with Gasteiger partial charge in [-0.3, -0.25) is 0 Å². The molecule has 4 rings (SSSR count). The summed E-state index contributed by atoms with van der Waals surface area (Å²) >= 11 is 0. The highest BCUT2D eigenvalue weighted by atomic mass is 14.9. The van der Waals surface area contributed by atoms with E-state index in [1.165, 1.54) is 34.4 Å². The van der Waals surface area contributed by atoms with Crippen LogP contribution >= 0.6 is 0 Å². The molecular formula is C18H19N3. The molecule has 0 spiro atoms. The molecule has 3 heteroatoms. The van der Waals surface area contributed by atoms with Crippen LogP contribution in [0.2, 0.25) is 0 Å². The van der Waals surface area contributed by atoms with E-state index in [0.29, 0.717) is 0 Å². The van der Waals surface area contributed by atoms with E-state index in [0.717, 1.165) is 29.8 Å². The normalized spacial score (nSPS) is 14.0. The van der Waals surface area contributed by atoms with E-state index < -0.39 is 0 Å². The molecule has 0 fully saturated rings. The largest absolute Gasteiger partial charge is 0.385 e. The van der Waals surface area contributed by atoms with Gasteiger partial charge in [-0.1, -0.05) is 6.07 Å². The number of hydrogen-bond donors (Lipinski definition) is 2. The van der Waals surface area contributed by atoms with Crippen molar-refractivity contribution in [2.75, 3.05) is 11.9 Å². The van der Waals surface area contributed by atoms with Crippen molar-refractivity contribution in [3.63, 3.8) is 0 Å². The van der Waals surface area contributed by atoms with Crippen LogP contribution in [0.5, 0.6) is 0 Å². The zero-order valence-corrected chi connectivity index (χ0v) is 12.5. The highest BCUT2D eigenvalue weighted by Crippen LogP contribution is 2.29. The molecule has 1 aromatic heterocycles. The van der Waals surface area contributed by atoms with Gasteiger partial charge in [0, 0.05) is 17.8 Å². The molecule has 1 aliphatic rings. The van der Waals surface area contributed by atoms with Crippen LogP contribution in [0.4, 0.5) is 5.69 Å². The molecule has 2 N–H and O–H groups in total. The molecule has 106 valence electrons. The molecule has 0 saturated heterocycles. The molecular weight excluding hydrogens is 258 g/mol. The van der Waals surface area contributed by atoms with Crippen LogP contribution < -0.4 is 5.32 Å². The molecule has 2 heterocycles. The predicted octanol–water partition coefficient (Wildman–Crippen LogP) is 4.20. The second kappa shape index (κ2) is 4.62. The number of aryl methyl sites for hydroxylation is 3. The number of rotatable bonds is 1. The zero-order valence-electron chi connectivity index (χ0n) is 12.5. The van der Waals surface area contributed by atoms with Crippen molar-refractivity contribution in [1.82, 2.24) is 9.97 Å². The van der Waals surface area contributed by atoms with Gasteiger partial charge in [-0.05, 0) is 67.6 Å². The topological polar surface area (TPSA) is 40.7 Å². The number of anilines is 1. The Bertz CT molecular complexity index is 830. The Morgan fingerprint density at radius 1 is 1.10 bits per heavy atom. The summed E-state index contributed by atoms with van der Waals surface area (Å²) < 4.78 is 0. The van der Waals surface area contributed by atoms with E-state index in [4.69, 9.17) is 4.98 Å². The van der Waals surface area contributed by atoms with Crippen LogP contribution in [-0.4, -0.2) is 16.5 Å². The van der Waals surface area contributed by atoms with Gasteiger partial charge >= 0.3 is 0 Å². The second-order valence-electron chi connectivity index (χ2n) is 5.97. The van der Waals surface area contributed by atoms with Gasteiger partial charge < -0.3 is 10.3 Å². The molecule has 21 heavy (non-hydrogen) atoms. The number of nitrogens with one attached hydrogen (secondary N) is 2. The third-order valence-corrected chi connectivity index (χ3v) is 4.24. The highest BCUT2D eigenvalue weighted by molar-refractivity contribution is 5.83. The van der Waals surface area contributed by atoms with Crippen LogP contribution in [0, 0.1) is 13.8 Å². The molecule has 0 unspecified atom stereocenters. The van der Waals surface area contributed by atoms with E-state index in [1.807, 2.05) is 0 Å². The first-order valence-corrected chi connectivity index (χ1v) is 7.55. The highest BCUT2D eigenvalue weighted by Gasteiger charge is 2.12. The van der Waals surface area contributed by atoms with E-state index in [1.54, 1.807) is 0 Å². The zero-order chi connectivity index (χ0) is 14.4. The molecule has 0 aliphatic carbocycles. The van der Waals surface area contributed by atoms with Gasteiger partial charge in [0.1, 0.15) is 5.82 Å². The van der Waals surface area contributed by atoms with Crippen molar-refractivity contribution in [3.05, 3.63) is 47.0 Å². The van der Waals surface area contributed by atoms with Crippen LogP contribution in [0.25, 0.3) is 22.4 Å². The summed E-state index contributed by atoms with van der Waals surface area (Å²) in [4.78, 5) is 8.27. The van der Waals surface area contributed by atoms with Gasteiger partial charge in [0.25, 0.3) is 0 Å². The minimum atomic E-state index is 0.965. The van der Waals surface area contributed by atoms with Crippen LogP contribution in [-0.2, 0) is 6.42 Å². The Kier molecular flexibility index (Phi) is 2.74. The van der Waals surface area contributed by atoms with Crippen LogP contribution in [0.1, 0.15) is 23.1 Å². The number of fused-ring (bicyclic) bond motifs is 2. The Hall–Kier alpha value is -2.29. The summed E-state index contributed by atoms with van der Waals surface area (Å²) in [6.45, 7) is 5.32. The number of imidazole rings is 1. The Balaban J connectivity index is 1.84. The summed E-state index contributed by atoms with van der Waals surface area (Å²) in [5.41, 5.74) is 8.53. The molecule has 0 bridgehead atoms. The number of aromatic amines is 1. The lowest BCUT2D eigenvalue weighted by molar-refractivity contribution is 0.830. The van der Waals surface area contributed by atoms with Crippen molar-refractivity contribution in [3.8, 4) is 11.4 Å². The minimum absolute atomic E-state index is 0.965. The van der Waals surface area contributed by atoms with Crippen LogP contribution in [0.3, 0.4) is 0 Å². The molecule has 0 radical (unpaired) electrons. The number of benzene rings is 2. The fourth-order valence-electron chi connectivity index (χ4n) is 3.23. The van der Waals surface area contributed by atoms with Gasteiger partial charge in [0.05, 0.1) is 11.0 Å². The molecule has 2 aromatic carbocycles. The molecule has 0 amide bonds. The number of nitrogens with zero attached hydrogens (tertiary/aromatic N) is 1. The third-order valence-electron chi connectivity index (χ3n) is 4.24. The fraction of sp³-hybridized carbons (Fsp3) is 0.278. The Morgan fingerprint density at radius 2 is 2.00 bits per heavy atom. The lowest BCUT2D eigenvalue weighted by Gasteiger charge is -2.18. The van der Waals surface area contributed by atoms with Crippen molar-refractivity contribution in [2.24, 2.45) is 0 Å². The fourth-order valence-corrected chi connectivity index (χ4v) is 3.23. The molecule has 3 nitrogen and oxygen atoms in total. The van der Waals surface area contributed by atoms with E-state index in [9.17, 15) is 0 Å². The monoisotopic (exact) mass is 277 g/mol. The van der Waals surface area contributed by atoms with Gasteiger partial charge in [-0.15, -0.1) is 0 Å². The smallest absolute Gasteiger partial charge is 0.138 e. The van der Waals surface area contributed by atoms with Gasteiger partial charge in [0.15, 0.2) is 0 Å². The minimum Gasteiger partial charge on any atom is -0.385 e. The maximum atomic E-state index is 4.80. The maximum Gasteiger partial charge on any atom is 0.138 e. The SMILES string of the molecule is Cc1cc(C)c2nc(-c3ccc4c(c3)CCCN4)[nH]c2c1. The summed E-state index contributed by atoms with van der Waals surface area (Å²) in [5, 5.41) is 3.45. The summed E-state index contributed by atoms with van der Waals surface area (Å²) in [6, 6.07) is 10.9. The van der Waals surface area contributed by atoms with E-state index >= 15 is 0 Å². The standard InChI is InChI=1S/C18H19N3/c1-11-8-12(2)17-16(9-11)20-18(21-17)14-5-6-15-13(10-14)4-3-7-19-15/h5-6,8-10,19H,3-4,7H2,1-2H3,(H,20,21). The van der Waals surface area contributed by atoms with Crippen molar-refractivity contribution in [1.29, 1.82) is 0 Å². The summed E-state index contributed by atoms with van der Waals surface area (Å²) in [6.07, 6.45) is 2.35.